The van der Waals surface area contributed by atoms with Gasteiger partial charge in [-0.2, -0.15) is 0 Å². The van der Waals surface area contributed by atoms with Gasteiger partial charge in [-0.3, -0.25) is 4.79 Å². The molecule has 1 rings (SSSR count). The van der Waals surface area contributed by atoms with Gasteiger partial charge in [-0.05, 0) is 18.4 Å². The smallest absolute Gasteiger partial charge is 0.212 e. The molecule has 11 heavy (non-hydrogen) atoms. The Morgan fingerprint density at radius 1 is 1.82 bits per heavy atom. The Kier molecular flexibility index (Phi) is 2.92. The topological polar surface area (TPSA) is 38.3 Å². The van der Waals surface area contributed by atoms with Gasteiger partial charge in [-0.1, -0.05) is 0 Å². The van der Waals surface area contributed by atoms with Crippen molar-refractivity contribution in [2.75, 3.05) is 11.9 Å². The molecule has 0 spiro atoms. The minimum absolute atomic E-state index is 0.615. The summed E-state index contributed by atoms with van der Waals surface area (Å²) in [6.45, 7) is 2.52. The van der Waals surface area contributed by atoms with Crippen molar-refractivity contribution in [3.05, 3.63) is 11.4 Å². The molecule has 0 radical (unpaired) electrons. The van der Waals surface area contributed by atoms with E-state index in [-0.39, 0.29) is 0 Å². The van der Waals surface area contributed by atoms with Crippen molar-refractivity contribution < 1.29 is 9.53 Å². The van der Waals surface area contributed by atoms with E-state index in [1.54, 1.807) is 0 Å². The van der Waals surface area contributed by atoms with Crippen molar-refractivity contribution in [2.45, 2.75) is 6.92 Å². The van der Waals surface area contributed by atoms with E-state index < -0.39 is 0 Å². The molecule has 0 fully saturated rings. The lowest BCUT2D eigenvalue weighted by molar-refractivity contribution is -0.105. The summed E-state index contributed by atoms with van der Waals surface area (Å²) in [5.41, 5.74) is 0. The van der Waals surface area contributed by atoms with Crippen molar-refractivity contribution in [3.63, 3.8) is 0 Å². The summed E-state index contributed by atoms with van der Waals surface area (Å²) in [5, 5.41) is 5.19. The molecule has 60 valence electrons. The Morgan fingerprint density at radius 3 is 3.27 bits per heavy atom. The highest BCUT2D eigenvalue weighted by atomic mass is 32.1. The monoisotopic (exact) mass is 171 g/mol. The highest BCUT2D eigenvalue weighted by Crippen LogP contribution is 2.29. The first-order valence-electron chi connectivity index (χ1n) is 3.29. The number of hydrogen-bond acceptors (Lipinski definition) is 3. The van der Waals surface area contributed by atoms with Crippen LogP contribution >= 0.6 is 11.3 Å². The quantitative estimate of drug-likeness (QED) is 0.700. The number of anilines is 1. The van der Waals surface area contributed by atoms with Crippen LogP contribution in [0.4, 0.5) is 5.00 Å². The van der Waals surface area contributed by atoms with Gasteiger partial charge in [0.2, 0.25) is 6.41 Å². The Bertz CT molecular complexity index is 234. The van der Waals surface area contributed by atoms with Crippen LogP contribution in [0.3, 0.4) is 0 Å². The summed E-state index contributed by atoms with van der Waals surface area (Å²) in [7, 11) is 0. The molecule has 0 saturated carbocycles. The maximum atomic E-state index is 10.1. The summed E-state index contributed by atoms with van der Waals surface area (Å²) in [6, 6.07) is 1.83. The molecule has 0 saturated heterocycles. The standard InChI is InChI=1S/C7H9NO2S/c1-2-10-6-3-4-11-7(6)8-5-9/h3-5H,2H2,1H3,(H,8,9). The summed E-state index contributed by atoms with van der Waals surface area (Å²) in [5.74, 6) is 0.740. The van der Waals surface area contributed by atoms with Gasteiger partial charge in [0, 0.05) is 0 Å². The molecule has 0 unspecified atom stereocenters. The molecule has 1 N–H and O–H groups in total. The van der Waals surface area contributed by atoms with Gasteiger partial charge in [0.1, 0.15) is 5.00 Å². The molecular weight excluding hydrogens is 162 g/mol. The fourth-order valence-corrected chi connectivity index (χ4v) is 1.41. The molecule has 0 bridgehead atoms. The molecule has 1 aromatic rings. The highest BCUT2D eigenvalue weighted by molar-refractivity contribution is 7.14. The summed E-state index contributed by atoms with van der Waals surface area (Å²) >= 11 is 1.45. The van der Waals surface area contributed by atoms with E-state index in [0.717, 1.165) is 10.8 Å². The zero-order valence-corrected chi connectivity index (χ0v) is 6.98. The van der Waals surface area contributed by atoms with Crippen LogP contribution in [-0.4, -0.2) is 13.0 Å². The van der Waals surface area contributed by atoms with Crippen LogP contribution in [0.5, 0.6) is 5.75 Å². The average Bonchev–Trinajstić information content (AvgIpc) is 2.39. The van der Waals surface area contributed by atoms with Crippen LogP contribution < -0.4 is 10.1 Å². The minimum Gasteiger partial charge on any atom is -0.491 e. The number of nitrogens with one attached hydrogen (secondary N) is 1. The van der Waals surface area contributed by atoms with Crippen LogP contribution in [0.1, 0.15) is 6.92 Å². The van der Waals surface area contributed by atoms with Crippen molar-refractivity contribution in [1.82, 2.24) is 0 Å². The van der Waals surface area contributed by atoms with Crippen LogP contribution in [0.25, 0.3) is 0 Å². The lowest BCUT2D eigenvalue weighted by Gasteiger charge is -2.01. The zero-order valence-electron chi connectivity index (χ0n) is 6.16. The number of carbonyl (C=O) groups is 1. The van der Waals surface area contributed by atoms with E-state index in [9.17, 15) is 4.79 Å². The molecule has 0 atom stereocenters. The fraction of sp³-hybridized carbons (Fsp3) is 0.286. The van der Waals surface area contributed by atoms with Gasteiger partial charge in [0.05, 0.1) is 6.61 Å². The molecule has 1 amide bonds. The summed E-state index contributed by atoms with van der Waals surface area (Å²) in [6.07, 6.45) is 0.647. The van der Waals surface area contributed by atoms with Crippen molar-refractivity contribution in [1.29, 1.82) is 0 Å². The summed E-state index contributed by atoms with van der Waals surface area (Å²) in [4.78, 5) is 10.1. The van der Waals surface area contributed by atoms with Gasteiger partial charge in [-0.25, -0.2) is 0 Å². The number of rotatable bonds is 4. The van der Waals surface area contributed by atoms with Crippen LogP contribution in [0.15, 0.2) is 11.4 Å². The molecular formula is C7H9NO2S. The normalized spacial score (nSPS) is 9.18. The lowest BCUT2D eigenvalue weighted by Crippen LogP contribution is -1.96. The Labute approximate surface area is 69.0 Å². The predicted octanol–water partition coefficient (Wildman–Crippen LogP) is 1.72. The van der Waals surface area contributed by atoms with Gasteiger partial charge >= 0.3 is 0 Å². The second kappa shape index (κ2) is 3.98. The molecule has 0 aliphatic rings. The molecule has 0 aliphatic heterocycles. The maximum Gasteiger partial charge on any atom is 0.212 e. The number of thiophene rings is 1. The van der Waals surface area contributed by atoms with Crippen LogP contribution in [0, 0.1) is 0 Å². The number of amides is 1. The van der Waals surface area contributed by atoms with Gasteiger partial charge < -0.3 is 10.1 Å². The van der Waals surface area contributed by atoms with E-state index in [2.05, 4.69) is 5.32 Å². The third-order valence-electron chi connectivity index (χ3n) is 1.12. The Hall–Kier alpha value is -1.03. The van der Waals surface area contributed by atoms with Crippen molar-refractivity contribution in [2.24, 2.45) is 0 Å². The molecule has 3 nitrogen and oxygen atoms in total. The first kappa shape index (κ1) is 8.07. The molecule has 0 aliphatic carbocycles. The third kappa shape index (κ3) is 1.94. The molecule has 1 aromatic heterocycles. The van der Waals surface area contributed by atoms with Gasteiger partial charge in [0.25, 0.3) is 0 Å². The number of ether oxygens (including phenoxy) is 1. The summed E-state index contributed by atoms with van der Waals surface area (Å²) < 4.78 is 5.22. The third-order valence-corrected chi connectivity index (χ3v) is 1.95. The second-order valence-corrected chi connectivity index (χ2v) is 2.73. The fourth-order valence-electron chi connectivity index (χ4n) is 0.725. The van der Waals surface area contributed by atoms with E-state index >= 15 is 0 Å². The largest absolute Gasteiger partial charge is 0.491 e. The maximum absolute atomic E-state index is 10.1. The first-order chi connectivity index (χ1) is 5.38. The Morgan fingerprint density at radius 2 is 2.64 bits per heavy atom. The molecule has 1 heterocycles. The van der Waals surface area contributed by atoms with Gasteiger partial charge in [0.15, 0.2) is 5.75 Å². The Balaban J connectivity index is 2.69. The van der Waals surface area contributed by atoms with Crippen molar-refractivity contribution >= 4 is 22.7 Å². The highest BCUT2D eigenvalue weighted by Gasteiger charge is 2.01. The molecule has 0 aromatic carbocycles. The molecule has 4 heteroatoms. The van der Waals surface area contributed by atoms with E-state index in [0.29, 0.717) is 13.0 Å². The zero-order chi connectivity index (χ0) is 8.10. The predicted molar refractivity (Wildman–Crippen MR) is 45.2 cm³/mol. The SMILES string of the molecule is CCOc1ccsc1NC=O. The van der Waals surface area contributed by atoms with E-state index in [1.807, 2.05) is 18.4 Å². The van der Waals surface area contributed by atoms with E-state index in [1.165, 1.54) is 11.3 Å². The van der Waals surface area contributed by atoms with Crippen molar-refractivity contribution in [3.8, 4) is 5.75 Å². The second-order valence-electron chi connectivity index (χ2n) is 1.81. The minimum atomic E-state index is 0.615. The average molecular weight is 171 g/mol. The first-order valence-corrected chi connectivity index (χ1v) is 4.17. The van der Waals surface area contributed by atoms with Crippen LogP contribution in [0.2, 0.25) is 0 Å². The lowest BCUT2D eigenvalue weighted by atomic mass is 10.5. The number of hydrogen-bond donors (Lipinski definition) is 1. The van der Waals surface area contributed by atoms with E-state index in [4.69, 9.17) is 4.74 Å². The van der Waals surface area contributed by atoms with Crippen LogP contribution in [-0.2, 0) is 4.79 Å². The van der Waals surface area contributed by atoms with Gasteiger partial charge in [-0.15, -0.1) is 11.3 Å². The number of carbonyl (C=O) groups excluding carboxylic acids is 1.